The van der Waals surface area contributed by atoms with Gasteiger partial charge in [-0.3, -0.25) is 15.3 Å². The summed E-state index contributed by atoms with van der Waals surface area (Å²) in [7, 11) is -2.84. The number of benzene rings is 1. The van der Waals surface area contributed by atoms with Crippen LogP contribution in [0.3, 0.4) is 0 Å². The SMILES string of the molecule is [2H]C([2H])([2H])Oc1c(NC(=O)OC(C)(C)C)cc(F)cc1-c1cnc(C)cn1. The van der Waals surface area contributed by atoms with Gasteiger partial charge in [0, 0.05) is 17.8 Å². The van der Waals surface area contributed by atoms with Gasteiger partial charge in [-0.2, -0.15) is 0 Å². The fraction of sp³-hybridized carbons (Fsp3) is 0.353. The molecule has 2 rings (SSSR count). The number of aromatic nitrogens is 2. The number of hydrogen-bond acceptors (Lipinski definition) is 5. The molecule has 1 aromatic carbocycles. The Kier molecular flexibility index (Phi) is 3.90. The maximum absolute atomic E-state index is 14.2. The lowest BCUT2D eigenvalue weighted by atomic mass is 10.1. The number of nitrogens with one attached hydrogen (secondary N) is 1. The van der Waals surface area contributed by atoms with Crippen LogP contribution in [0.4, 0.5) is 14.9 Å². The van der Waals surface area contributed by atoms with Gasteiger partial charge in [0.15, 0.2) is 5.75 Å². The van der Waals surface area contributed by atoms with E-state index in [0.717, 1.165) is 12.1 Å². The molecule has 2 aromatic rings. The molecule has 1 aromatic heterocycles. The molecular formula is C17H20FN3O3. The molecule has 0 saturated heterocycles. The molecule has 0 saturated carbocycles. The van der Waals surface area contributed by atoms with Crippen LogP contribution in [-0.4, -0.2) is 28.7 Å². The molecule has 128 valence electrons. The van der Waals surface area contributed by atoms with E-state index in [0.29, 0.717) is 5.69 Å². The third-order valence-corrected chi connectivity index (χ3v) is 2.85. The van der Waals surface area contributed by atoms with Crippen LogP contribution >= 0.6 is 0 Å². The number of rotatable bonds is 3. The summed E-state index contributed by atoms with van der Waals surface area (Å²) >= 11 is 0. The Labute approximate surface area is 144 Å². The lowest BCUT2D eigenvalue weighted by molar-refractivity contribution is 0.0635. The highest BCUT2D eigenvalue weighted by molar-refractivity contribution is 5.90. The van der Waals surface area contributed by atoms with Crippen molar-refractivity contribution in [1.29, 1.82) is 0 Å². The average Bonchev–Trinajstić information content (AvgIpc) is 2.47. The van der Waals surface area contributed by atoms with Crippen molar-refractivity contribution in [2.24, 2.45) is 0 Å². The molecule has 7 heteroatoms. The molecule has 6 nitrogen and oxygen atoms in total. The van der Waals surface area contributed by atoms with Crippen LogP contribution in [0.1, 0.15) is 30.6 Å². The highest BCUT2D eigenvalue weighted by Gasteiger charge is 2.20. The van der Waals surface area contributed by atoms with Crippen molar-refractivity contribution in [2.45, 2.75) is 33.3 Å². The summed E-state index contributed by atoms with van der Waals surface area (Å²) in [6.45, 7) is 6.69. The smallest absolute Gasteiger partial charge is 0.412 e. The van der Waals surface area contributed by atoms with E-state index >= 15 is 0 Å². The number of carbonyl (C=O) groups excluding carboxylic acids is 1. The number of aryl methyl sites for hydroxylation is 1. The number of ether oxygens (including phenoxy) is 2. The van der Waals surface area contributed by atoms with E-state index in [1.165, 1.54) is 12.4 Å². The summed E-state index contributed by atoms with van der Waals surface area (Å²) in [6.07, 6.45) is 1.91. The topological polar surface area (TPSA) is 73.3 Å². The van der Waals surface area contributed by atoms with E-state index in [2.05, 4.69) is 15.3 Å². The average molecular weight is 336 g/mol. The van der Waals surface area contributed by atoms with E-state index in [4.69, 9.17) is 13.6 Å². The van der Waals surface area contributed by atoms with Crippen LogP contribution in [0.5, 0.6) is 5.75 Å². The van der Waals surface area contributed by atoms with Crippen molar-refractivity contribution in [1.82, 2.24) is 9.97 Å². The number of carbonyl (C=O) groups is 1. The largest absolute Gasteiger partial charge is 0.494 e. The van der Waals surface area contributed by atoms with E-state index in [1.54, 1.807) is 27.7 Å². The summed E-state index contributed by atoms with van der Waals surface area (Å²) in [5.41, 5.74) is -0.150. The third kappa shape index (κ3) is 4.41. The highest BCUT2D eigenvalue weighted by atomic mass is 19.1. The maximum Gasteiger partial charge on any atom is 0.412 e. The minimum atomic E-state index is -2.84. The van der Waals surface area contributed by atoms with Crippen molar-refractivity contribution < 1.29 is 22.8 Å². The number of amides is 1. The predicted octanol–water partition coefficient (Wildman–Crippen LogP) is 3.95. The molecule has 0 atom stereocenters. The third-order valence-electron chi connectivity index (χ3n) is 2.85. The number of anilines is 1. The van der Waals surface area contributed by atoms with Gasteiger partial charge < -0.3 is 9.47 Å². The van der Waals surface area contributed by atoms with Gasteiger partial charge in [-0.1, -0.05) is 0 Å². The lowest BCUT2D eigenvalue weighted by Gasteiger charge is -2.21. The fourth-order valence-corrected chi connectivity index (χ4v) is 1.93. The van der Waals surface area contributed by atoms with Crippen LogP contribution in [0.2, 0.25) is 0 Å². The molecule has 1 heterocycles. The molecule has 0 aliphatic carbocycles. The summed E-state index contributed by atoms with van der Waals surface area (Å²) in [4.78, 5) is 20.3. The Morgan fingerprint density at radius 2 is 2.04 bits per heavy atom. The number of methoxy groups -OCH3 is 1. The minimum absolute atomic E-state index is 0.0321. The molecule has 0 fully saturated rings. The lowest BCUT2D eigenvalue weighted by Crippen LogP contribution is -2.27. The Balaban J connectivity index is 2.54. The Hall–Kier alpha value is -2.70. The van der Waals surface area contributed by atoms with E-state index < -0.39 is 24.5 Å². The maximum atomic E-state index is 14.2. The van der Waals surface area contributed by atoms with Crippen molar-refractivity contribution in [3.8, 4) is 17.0 Å². The first kappa shape index (κ1) is 13.7. The van der Waals surface area contributed by atoms with Gasteiger partial charge >= 0.3 is 6.09 Å². The van der Waals surface area contributed by atoms with Crippen LogP contribution < -0.4 is 10.1 Å². The van der Waals surface area contributed by atoms with E-state index in [-0.39, 0.29) is 22.7 Å². The normalized spacial score (nSPS) is 13.5. The second-order valence-electron chi connectivity index (χ2n) is 6.10. The van der Waals surface area contributed by atoms with Crippen LogP contribution in [0.25, 0.3) is 11.3 Å². The first-order chi connectivity index (χ1) is 12.3. The predicted molar refractivity (Wildman–Crippen MR) is 88.6 cm³/mol. The fourth-order valence-electron chi connectivity index (χ4n) is 1.93. The zero-order valence-electron chi connectivity index (χ0n) is 16.8. The second kappa shape index (κ2) is 6.82. The number of halogens is 1. The summed E-state index contributed by atoms with van der Waals surface area (Å²) in [5, 5.41) is 2.33. The Bertz CT molecular complexity index is 834. The van der Waals surface area contributed by atoms with Gasteiger partial charge in [-0.25, -0.2) is 9.18 Å². The van der Waals surface area contributed by atoms with Gasteiger partial charge in [0.25, 0.3) is 0 Å². The number of nitrogens with zero attached hydrogens (tertiary/aromatic N) is 2. The molecule has 1 N–H and O–H groups in total. The quantitative estimate of drug-likeness (QED) is 0.919. The molecule has 0 bridgehead atoms. The van der Waals surface area contributed by atoms with Gasteiger partial charge in [0.1, 0.15) is 11.4 Å². The van der Waals surface area contributed by atoms with Gasteiger partial charge in [0.05, 0.1) is 34.4 Å². The van der Waals surface area contributed by atoms with Gasteiger partial charge in [-0.05, 0) is 33.8 Å². The standard InChI is InChI=1S/C17H20FN3O3/c1-10-8-20-14(9-19-10)12-6-11(18)7-13(15(12)23-5)21-16(22)24-17(2,3)4/h6-9H,1-5H3,(H,21,22)/i5D3. The Morgan fingerprint density at radius 1 is 1.29 bits per heavy atom. The first-order valence-corrected chi connectivity index (χ1v) is 7.16. The molecule has 1 amide bonds. The summed E-state index contributed by atoms with van der Waals surface area (Å²) in [6, 6.07) is 2.00. The molecule has 0 aliphatic heterocycles. The zero-order chi connectivity index (χ0) is 20.4. The highest BCUT2D eigenvalue weighted by Crippen LogP contribution is 2.36. The van der Waals surface area contributed by atoms with Gasteiger partial charge in [0.2, 0.25) is 0 Å². The first-order valence-electron chi connectivity index (χ1n) is 8.66. The van der Waals surface area contributed by atoms with Crippen LogP contribution in [0.15, 0.2) is 24.5 Å². The molecule has 24 heavy (non-hydrogen) atoms. The molecule has 0 aliphatic rings. The van der Waals surface area contributed by atoms with Gasteiger partial charge in [-0.15, -0.1) is 0 Å². The van der Waals surface area contributed by atoms with Crippen molar-refractivity contribution in [2.75, 3.05) is 12.4 Å². The van der Waals surface area contributed by atoms with Crippen molar-refractivity contribution >= 4 is 11.8 Å². The van der Waals surface area contributed by atoms with E-state index in [9.17, 15) is 9.18 Å². The van der Waals surface area contributed by atoms with E-state index in [1.807, 2.05) is 0 Å². The van der Waals surface area contributed by atoms with Crippen LogP contribution in [-0.2, 0) is 4.74 Å². The van der Waals surface area contributed by atoms with Crippen molar-refractivity contribution in [3.05, 3.63) is 36.0 Å². The molecule has 0 unspecified atom stereocenters. The monoisotopic (exact) mass is 336 g/mol. The molecule has 0 radical (unpaired) electrons. The molecule has 0 spiro atoms. The van der Waals surface area contributed by atoms with Crippen LogP contribution in [0, 0.1) is 12.7 Å². The minimum Gasteiger partial charge on any atom is -0.494 e. The second-order valence-corrected chi connectivity index (χ2v) is 6.10. The molecular weight excluding hydrogens is 313 g/mol. The Morgan fingerprint density at radius 3 is 2.62 bits per heavy atom. The summed E-state index contributed by atoms with van der Waals surface area (Å²) in [5.74, 6) is -0.989. The number of hydrogen-bond donors (Lipinski definition) is 1. The summed E-state index contributed by atoms with van der Waals surface area (Å²) < 4.78 is 46.4. The van der Waals surface area contributed by atoms with Crippen molar-refractivity contribution in [3.63, 3.8) is 0 Å². The zero-order valence-corrected chi connectivity index (χ0v) is 13.8.